The smallest absolute Gasteiger partial charge is 0.151 e. The van der Waals surface area contributed by atoms with Crippen LogP contribution in [0.1, 0.15) is 32.1 Å². The van der Waals surface area contributed by atoms with Gasteiger partial charge in [0.2, 0.25) is 0 Å². The Morgan fingerprint density at radius 2 is 2.12 bits per heavy atom. The number of rotatable bonds is 4. The Labute approximate surface area is 107 Å². The van der Waals surface area contributed by atoms with E-state index in [4.69, 9.17) is 17.3 Å². The summed E-state index contributed by atoms with van der Waals surface area (Å²) in [6.45, 7) is 1.43. The zero-order chi connectivity index (χ0) is 12.1. The minimum absolute atomic E-state index is 0.527. The average molecular weight is 255 g/mol. The van der Waals surface area contributed by atoms with Crippen molar-refractivity contribution in [3.05, 3.63) is 17.5 Å². The summed E-state index contributed by atoms with van der Waals surface area (Å²) in [6, 6.07) is 0.527. The van der Waals surface area contributed by atoms with Gasteiger partial charge in [-0.15, -0.1) is 0 Å². The Kier molecular flexibility index (Phi) is 4.57. The van der Waals surface area contributed by atoms with Crippen LogP contribution in [0.15, 0.2) is 12.5 Å². The molecule has 0 atom stereocenters. The third-order valence-electron chi connectivity index (χ3n) is 3.31. The van der Waals surface area contributed by atoms with Crippen molar-refractivity contribution < 1.29 is 0 Å². The van der Waals surface area contributed by atoms with Gasteiger partial charge >= 0.3 is 0 Å². The highest BCUT2D eigenvalue weighted by Gasteiger charge is 2.23. The fraction of sp³-hybridized carbons (Fsp3) is 0.667. The van der Waals surface area contributed by atoms with Crippen molar-refractivity contribution in [3.8, 4) is 0 Å². The van der Waals surface area contributed by atoms with Gasteiger partial charge in [0.05, 0.1) is 6.20 Å². The van der Waals surface area contributed by atoms with Crippen molar-refractivity contribution in [1.82, 2.24) is 9.97 Å². The second-order valence-electron chi connectivity index (χ2n) is 4.47. The van der Waals surface area contributed by atoms with Crippen LogP contribution in [0.2, 0.25) is 5.02 Å². The van der Waals surface area contributed by atoms with E-state index in [1.165, 1.54) is 32.1 Å². The molecule has 2 rings (SSSR count). The minimum atomic E-state index is 0.527. The molecule has 0 unspecified atom stereocenters. The summed E-state index contributed by atoms with van der Waals surface area (Å²) in [5, 5.41) is 0.617. The number of hydrogen-bond donors (Lipinski definition) is 1. The molecule has 0 amide bonds. The van der Waals surface area contributed by atoms with Crippen LogP contribution in [0.5, 0.6) is 0 Å². The number of aromatic nitrogens is 2. The van der Waals surface area contributed by atoms with Crippen LogP contribution in [0, 0.1) is 0 Å². The molecule has 1 aromatic rings. The van der Waals surface area contributed by atoms with Gasteiger partial charge in [0.15, 0.2) is 5.82 Å². The van der Waals surface area contributed by atoms with Gasteiger partial charge in [0, 0.05) is 19.1 Å². The monoisotopic (exact) mass is 254 g/mol. The highest BCUT2D eigenvalue weighted by molar-refractivity contribution is 6.32. The zero-order valence-electron chi connectivity index (χ0n) is 9.98. The normalized spacial score (nSPS) is 17.1. The molecule has 0 aromatic carbocycles. The van der Waals surface area contributed by atoms with Gasteiger partial charge in [-0.1, -0.05) is 30.9 Å². The highest BCUT2D eigenvalue weighted by atomic mass is 35.5. The molecule has 0 aliphatic heterocycles. The van der Waals surface area contributed by atoms with Crippen LogP contribution >= 0.6 is 11.6 Å². The number of halogens is 1. The number of hydrogen-bond acceptors (Lipinski definition) is 4. The first-order valence-corrected chi connectivity index (χ1v) is 6.63. The standard InChI is InChI=1S/C12H19ClN4/c13-11-8-15-9-16-12(11)17(7-6-14)10-4-2-1-3-5-10/h8-10H,1-7,14H2. The van der Waals surface area contributed by atoms with Gasteiger partial charge < -0.3 is 10.6 Å². The first-order valence-electron chi connectivity index (χ1n) is 6.25. The molecule has 1 fully saturated rings. The highest BCUT2D eigenvalue weighted by Crippen LogP contribution is 2.29. The van der Waals surface area contributed by atoms with Gasteiger partial charge in [-0.05, 0) is 12.8 Å². The van der Waals surface area contributed by atoms with E-state index >= 15 is 0 Å². The maximum absolute atomic E-state index is 6.17. The summed E-state index contributed by atoms with van der Waals surface area (Å²) < 4.78 is 0. The summed E-state index contributed by atoms with van der Waals surface area (Å²) >= 11 is 6.17. The zero-order valence-corrected chi connectivity index (χ0v) is 10.7. The summed E-state index contributed by atoms with van der Waals surface area (Å²) in [6.07, 6.45) is 9.53. The fourth-order valence-electron chi connectivity index (χ4n) is 2.51. The lowest BCUT2D eigenvalue weighted by molar-refractivity contribution is 0.414. The van der Waals surface area contributed by atoms with Gasteiger partial charge in [0.1, 0.15) is 11.3 Å². The van der Waals surface area contributed by atoms with E-state index in [1.807, 2.05) is 0 Å². The van der Waals surface area contributed by atoms with Gasteiger partial charge in [-0.3, -0.25) is 0 Å². The van der Waals surface area contributed by atoms with Gasteiger partial charge in [-0.25, -0.2) is 9.97 Å². The Balaban J connectivity index is 2.18. The van der Waals surface area contributed by atoms with Crippen molar-refractivity contribution in [2.24, 2.45) is 5.73 Å². The number of anilines is 1. The maximum atomic E-state index is 6.17. The van der Waals surface area contributed by atoms with Crippen LogP contribution in [0.25, 0.3) is 0 Å². The molecule has 0 saturated heterocycles. The quantitative estimate of drug-likeness (QED) is 0.895. The van der Waals surface area contributed by atoms with Gasteiger partial charge in [-0.2, -0.15) is 0 Å². The van der Waals surface area contributed by atoms with Gasteiger partial charge in [0.25, 0.3) is 0 Å². The van der Waals surface area contributed by atoms with E-state index in [1.54, 1.807) is 12.5 Å². The predicted octanol–water partition coefficient (Wildman–Crippen LogP) is 2.23. The molecule has 1 saturated carbocycles. The van der Waals surface area contributed by atoms with Crippen LogP contribution in [0.4, 0.5) is 5.82 Å². The predicted molar refractivity (Wildman–Crippen MR) is 70.3 cm³/mol. The Hall–Kier alpha value is -0.870. The third kappa shape index (κ3) is 3.07. The Morgan fingerprint density at radius 1 is 1.35 bits per heavy atom. The first kappa shape index (κ1) is 12.6. The molecule has 1 aromatic heterocycles. The molecular weight excluding hydrogens is 236 g/mol. The van der Waals surface area contributed by atoms with Crippen LogP contribution in [0.3, 0.4) is 0 Å². The first-order chi connectivity index (χ1) is 8.33. The van der Waals surface area contributed by atoms with E-state index in [0.717, 1.165) is 12.4 Å². The average Bonchev–Trinajstić information content (AvgIpc) is 2.38. The van der Waals surface area contributed by atoms with E-state index < -0.39 is 0 Å². The number of nitrogens with zero attached hydrogens (tertiary/aromatic N) is 3. The van der Waals surface area contributed by atoms with Crippen LogP contribution in [-0.2, 0) is 0 Å². The molecule has 5 heteroatoms. The second-order valence-corrected chi connectivity index (χ2v) is 4.88. The molecule has 1 aliphatic rings. The molecule has 94 valence electrons. The SMILES string of the molecule is NCCN(c1ncncc1Cl)C1CCCCC1. The van der Waals surface area contributed by atoms with E-state index in [0.29, 0.717) is 17.6 Å². The molecule has 4 nitrogen and oxygen atoms in total. The van der Waals surface area contributed by atoms with Crippen molar-refractivity contribution in [2.45, 2.75) is 38.1 Å². The molecule has 0 bridgehead atoms. The molecule has 0 spiro atoms. The summed E-state index contributed by atoms with van der Waals surface area (Å²) in [5.41, 5.74) is 5.70. The van der Waals surface area contributed by atoms with Crippen molar-refractivity contribution in [1.29, 1.82) is 0 Å². The summed E-state index contributed by atoms with van der Waals surface area (Å²) in [4.78, 5) is 10.5. The summed E-state index contributed by atoms with van der Waals surface area (Å²) in [5.74, 6) is 0.832. The Bertz CT molecular complexity index is 352. The maximum Gasteiger partial charge on any atom is 0.151 e. The largest absolute Gasteiger partial charge is 0.351 e. The van der Waals surface area contributed by atoms with Crippen molar-refractivity contribution in [2.75, 3.05) is 18.0 Å². The molecule has 1 heterocycles. The lowest BCUT2D eigenvalue weighted by atomic mass is 9.94. The topological polar surface area (TPSA) is 55.0 Å². The van der Waals surface area contributed by atoms with Crippen LogP contribution in [-0.4, -0.2) is 29.1 Å². The molecular formula is C12H19ClN4. The second kappa shape index (κ2) is 6.17. The van der Waals surface area contributed by atoms with Crippen molar-refractivity contribution in [3.63, 3.8) is 0 Å². The van der Waals surface area contributed by atoms with E-state index in [-0.39, 0.29) is 0 Å². The minimum Gasteiger partial charge on any atom is -0.351 e. The number of nitrogens with two attached hydrogens (primary N) is 1. The molecule has 1 aliphatic carbocycles. The lowest BCUT2D eigenvalue weighted by Crippen LogP contribution is -2.40. The van der Waals surface area contributed by atoms with Crippen LogP contribution < -0.4 is 10.6 Å². The Morgan fingerprint density at radius 3 is 2.76 bits per heavy atom. The molecule has 2 N–H and O–H groups in total. The fourth-order valence-corrected chi connectivity index (χ4v) is 2.72. The van der Waals surface area contributed by atoms with Crippen molar-refractivity contribution >= 4 is 17.4 Å². The van der Waals surface area contributed by atoms with E-state index in [9.17, 15) is 0 Å². The third-order valence-corrected chi connectivity index (χ3v) is 3.57. The molecule has 0 radical (unpaired) electrons. The lowest BCUT2D eigenvalue weighted by Gasteiger charge is -2.35. The molecule has 17 heavy (non-hydrogen) atoms. The summed E-state index contributed by atoms with van der Waals surface area (Å²) in [7, 11) is 0. The van der Waals surface area contributed by atoms with E-state index in [2.05, 4.69) is 14.9 Å².